The van der Waals surface area contributed by atoms with E-state index >= 15 is 0 Å². The molecule has 0 amide bonds. The first kappa shape index (κ1) is 8.21. The highest BCUT2D eigenvalue weighted by atomic mass is 16.3. The average Bonchev–Trinajstić information content (AvgIpc) is 1.85. The molecule has 0 fully saturated rings. The molecule has 1 heterocycles. The summed E-state index contributed by atoms with van der Waals surface area (Å²) in [5.74, 6) is 0. The van der Waals surface area contributed by atoms with Gasteiger partial charge in [-0.3, -0.25) is 4.98 Å². The maximum atomic E-state index is 9.08. The van der Waals surface area contributed by atoms with E-state index in [9.17, 15) is 0 Å². The molecule has 60 valence electrons. The molecule has 1 atom stereocenters. The number of hydrogen-bond donors (Lipinski definition) is 1. The second kappa shape index (κ2) is 3.49. The van der Waals surface area contributed by atoms with Gasteiger partial charge in [0.15, 0.2) is 0 Å². The first-order valence-corrected chi connectivity index (χ1v) is 3.78. The summed E-state index contributed by atoms with van der Waals surface area (Å²) < 4.78 is 0. The van der Waals surface area contributed by atoms with E-state index in [0.717, 1.165) is 11.3 Å². The Morgan fingerprint density at radius 2 is 2.36 bits per heavy atom. The highest BCUT2D eigenvalue weighted by molar-refractivity contribution is 5.15. The predicted octanol–water partition coefficient (Wildman–Crippen LogP) is 1.31. The van der Waals surface area contributed by atoms with Gasteiger partial charge in [-0.15, -0.1) is 0 Å². The molecular formula is C9H13NO. The smallest absolute Gasteiger partial charge is 0.0552 e. The summed E-state index contributed by atoms with van der Waals surface area (Å²) in [6, 6.07) is 3.92. The Kier molecular flexibility index (Phi) is 2.60. The fourth-order valence-corrected chi connectivity index (χ4v) is 1.07. The molecule has 0 bridgehead atoms. The largest absolute Gasteiger partial charge is 0.393 e. The van der Waals surface area contributed by atoms with Crippen LogP contribution in [-0.4, -0.2) is 16.2 Å². The normalized spacial score (nSPS) is 13.0. The van der Waals surface area contributed by atoms with Crippen molar-refractivity contribution in [2.45, 2.75) is 26.4 Å². The highest BCUT2D eigenvalue weighted by Crippen LogP contribution is 2.03. The minimum atomic E-state index is -0.267. The van der Waals surface area contributed by atoms with E-state index in [1.165, 1.54) is 0 Å². The standard InChI is InChI=1S/C9H13NO/c1-7-5-9(3-4-10-7)6-8(2)11/h3-5,8,11H,6H2,1-2H3. The lowest BCUT2D eigenvalue weighted by molar-refractivity contribution is 0.195. The van der Waals surface area contributed by atoms with Gasteiger partial charge in [0.05, 0.1) is 6.10 Å². The molecule has 0 aliphatic carbocycles. The zero-order chi connectivity index (χ0) is 8.27. The number of rotatable bonds is 2. The molecule has 2 heteroatoms. The summed E-state index contributed by atoms with van der Waals surface area (Å²) in [6.45, 7) is 3.74. The van der Waals surface area contributed by atoms with Crippen LogP contribution in [0.2, 0.25) is 0 Å². The van der Waals surface area contributed by atoms with Crippen LogP contribution in [0.15, 0.2) is 18.3 Å². The van der Waals surface area contributed by atoms with Crippen LogP contribution in [0.3, 0.4) is 0 Å². The number of aryl methyl sites for hydroxylation is 1. The van der Waals surface area contributed by atoms with Crippen LogP contribution in [0.4, 0.5) is 0 Å². The van der Waals surface area contributed by atoms with Crippen LogP contribution in [0, 0.1) is 6.92 Å². The second-order valence-corrected chi connectivity index (χ2v) is 2.86. The molecule has 0 aliphatic heterocycles. The Balaban J connectivity index is 2.71. The van der Waals surface area contributed by atoms with Gasteiger partial charge in [0, 0.05) is 11.9 Å². The maximum absolute atomic E-state index is 9.08. The van der Waals surface area contributed by atoms with Gasteiger partial charge in [-0.1, -0.05) is 0 Å². The molecular weight excluding hydrogens is 138 g/mol. The fourth-order valence-electron chi connectivity index (χ4n) is 1.07. The molecule has 0 radical (unpaired) electrons. The van der Waals surface area contributed by atoms with Crippen molar-refractivity contribution in [2.24, 2.45) is 0 Å². The third kappa shape index (κ3) is 2.68. The topological polar surface area (TPSA) is 33.1 Å². The number of aliphatic hydroxyl groups is 1. The third-order valence-corrected chi connectivity index (χ3v) is 1.49. The van der Waals surface area contributed by atoms with E-state index in [1.54, 1.807) is 13.1 Å². The quantitative estimate of drug-likeness (QED) is 0.691. The minimum absolute atomic E-state index is 0.267. The number of nitrogens with zero attached hydrogens (tertiary/aromatic N) is 1. The van der Waals surface area contributed by atoms with Crippen molar-refractivity contribution < 1.29 is 5.11 Å². The monoisotopic (exact) mass is 151 g/mol. The zero-order valence-electron chi connectivity index (χ0n) is 6.91. The summed E-state index contributed by atoms with van der Waals surface area (Å²) in [4.78, 5) is 4.07. The summed E-state index contributed by atoms with van der Waals surface area (Å²) in [5, 5.41) is 9.08. The molecule has 0 aromatic carbocycles. The number of aromatic nitrogens is 1. The molecule has 11 heavy (non-hydrogen) atoms. The van der Waals surface area contributed by atoms with Crippen LogP contribution < -0.4 is 0 Å². The zero-order valence-corrected chi connectivity index (χ0v) is 6.91. The highest BCUT2D eigenvalue weighted by Gasteiger charge is 1.98. The van der Waals surface area contributed by atoms with Crippen molar-refractivity contribution in [1.82, 2.24) is 4.98 Å². The van der Waals surface area contributed by atoms with Gasteiger partial charge in [0.25, 0.3) is 0 Å². The molecule has 1 rings (SSSR count). The first-order valence-electron chi connectivity index (χ1n) is 3.78. The lowest BCUT2D eigenvalue weighted by Crippen LogP contribution is -2.04. The van der Waals surface area contributed by atoms with E-state index < -0.39 is 0 Å². The van der Waals surface area contributed by atoms with Gasteiger partial charge in [-0.25, -0.2) is 0 Å². The van der Waals surface area contributed by atoms with Crippen molar-refractivity contribution >= 4 is 0 Å². The maximum Gasteiger partial charge on any atom is 0.0552 e. The third-order valence-electron chi connectivity index (χ3n) is 1.49. The number of pyridine rings is 1. The van der Waals surface area contributed by atoms with Crippen molar-refractivity contribution in [2.75, 3.05) is 0 Å². The molecule has 0 aliphatic rings. The number of aliphatic hydroxyl groups excluding tert-OH is 1. The van der Waals surface area contributed by atoms with Crippen molar-refractivity contribution in [3.05, 3.63) is 29.6 Å². The lowest BCUT2D eigenvalue weighted by Gasteiger charge is -2.03. The lowest BCUT2D eigenvalue weighted by atomic mass is 10.1. The molecule has 1 unspecified atom stereocenters. The first-order chi connectivity index (χ1) is 5.18. The van der Waals surface area contributed by atoms with Crippen molar-refractivity contribution in [1.29, 1.82) is 0 Å². The molecule has 1 aromatic heterocycles. The van der Waals surface area contributed by atoms with E-state index in [-0.39, 0.29) is 6.10 Å². The van der Waals surface area contributed by atoms with Gasteiger partial charge in [0.1, 0.15) is 0 Å². The molecule has 2 nitrogen and oxygen atoms in total. The Morgan fingerprint density at radius 3 is 2.91 bits per heavy atom. The van der Waals surface area contributed by atoms with Gasteiger partial charge >= 0.3 is 0 Å². The Morgan fingerprint density at radius 1 is 1.64 bits per heavy atom. The fraction of sp³-hybridized carbons (Fsp3) is 0.444. The van der Waals surface area contributed by atoms with E-state index in [1.807, 2.05) is 19.1 Å². The molecule has 0 spiro atoms. The minimum Gasteiger partial charge on any atom is -0.393 e. The SMILES string of the molecule is Cc1cc(CC(C)O)ccn1. The van der Waals surface area contributed by atoms with Crippen LogP contribution >= 0.6 is 0 Å². The molecule has 1 aromatic rings. The van der Waals surface area contributed by atoms with Crippen LogP contribution in [0.5, 0.6) is 0 Å². The summed E-state index contributed by atoms with van der Waals surface area (Å²) in [5.41, 5.74) is 2.15. The van der Waals surface area contributed by atoms with Gasteiger partial charge in [-0.05, 0) is 38.0 Å². The van der Waals surface area contributed by atoms with E-state index in [2.05, 4.69) is 4.98 Å². The number of hydrogen-bond acceptors (Lipinski definition) is 2. The van der Waals surface area contributed by atoms with Gasteiger partial charge in [-0.2, -0.15) is 0 Å². The molecule has 0 saturated carbocycles. The summed E-state index contributed by atoms with van der Waals surface area (Å²) in [6.07, 6.45) is 2.22. The molecule has 1 N–H and O–H groups in total. The Bertz CT molecular complexity index is 233. The van der Waals surface area contributed by atoms with Gasteiger partial charge in [0.2, 0.25) is 0 Å². The van der Waals surface area contributed by atoms with Gasteiger partial charge < -0.3 is 5.11 Å². The van der Waals surface area contributed by atoms with Crippen molar-refractivity contribution in [3.63, 3.8) is 0 Å². The summed E-state index contributed by atoms with van der Waals surface area (Å²) in [7, 11) is 0. The van der Waals surface area contributed by atoms with Crippen molar-refractivity contribution in [3.8, 4) is 0 Å². The Labute approximate surface area is 66.9 Å². The molecule has 0 saturated heterocycles. The average molecular weight is 151 g/mol. The van der Waals surface area contributed by atoms with E-state index in [0.29, 0.717) is 6.42 Å². The van der Waals surface area contributed by atoms with Crippen LogP contribution in [-0.2, 0) is 6.42 Å². The van der Waals surface area contributed by atoms with Crippen LogP contribution in [0.25, 0.3) is 0 Å². The predicted molar refractivity (Wildman–Crippen MR) is 44.4 cm³/mol. The second-order valence-electron chi connectivity index (χ2n) is 2.86. The van der Waals surface area contributed by atoms with E-state index in [4.69, 9.17) is 5.11 Å². The summed E-state index contributed by atoms with van der Waals surface area (Å²) >= 11 is 0. The van der Waals surface area contributed by atoms with Crippen LogP contribution in [0.1, 0.15) is 18.2 Å². The Hall–Kier alpha value is -0.890.